The van der Waals surface area contributed by atoms with Crippen molar-refractivity contribution >= 4 is 40.4 Å². The first-order chi connectivity index (χ1) is 12.6. The van der Waals surface area contributed by atoms with Gasteiger partial charge in [0.2, 0.25) is 5.91 Å². The molecule has 0 aliphatic carbocycles. The van der Waals surface area contributed by atoms with Gasteiger partial charge in [-0.25, -0.2) is 0 Å². The number of hydrogen-bond donors (Lipinski definition) is 1. The van der Waals surface area contributed by atoms with Crippen LogP contribution in [0, 0.1) is 0 Å². The predicted molar refractivity (Wildman–Crippen MR) is 110 cm³/mol. The minimum Gasteiger partial charge on any atom is -0.330 e. The molecule has 0 bridgehead atoms. The van der Waals surface area contributed by atoms with Gasteiger partial charge in [-0.2, -0.15) is 0 Å². The van der Waals surface area contributed by atoms with Crippen LogP contribution in [0.1, 0.15) is 48.2 Å². The van der Waals surface area contributed by atoms with Crippen LogP contribution in [0.3, 0.4) is 0 Å². The number of fused-ring (bicyclic) bond motifs is 1. The molecule has 1 aliphatic rings. The SMILES string of the molecule is CCCCCNCC(=O)N1CCc2sccc2[C@H]1c1ccc(Cl)cc1Cl. The summed E-state index contributed by atoms with van der Waals surface area (Å²) in [5.74, 6) is 0.120. The monoisotopic (exact) mass is 410 g/mol. The lowest BCUT2D eigenvalue weighted by atomic mass is 9.93. The number of thiophene rings is 1. The summed E-state index contributed by atoms with van der Waals surface area (Å²) in [4.78, 5) is 16.2. The Morgan fingerprint density at radius 1 is 1.27 bits per heavy atom. The first kappa shape index (κ1) is 19.7. The number of nitrogens with zero attached hydrogens (tertiary/aromatic N) is 1. The molecule has 1 aromatic heterocycles. The number of halogens is 2. The van der Waals surface area contributed by atoms with Gasteiger partial charge in [0.25, 0.3) is 0 Å². The highest BCUT2D eigenvalue weighted by Crippen LogP contribution is 2.40. The van der Waals surface area contributed by atoms with Crippen LogP contribution in [0.25, 0.3) is 0 Å². The van der Waals surface area contributed by atoms with Gasteiger partial charge in [0.05, 0.1) is 12.6 Å². The fraction of sp³-hybridized carbons (Fsp3) is 0.450. The van der Waals surface area contributed by atoms with Gasteiger partial charge in [0, 0.05) is 21.5 Å². The van der Waals surface area contributed by atoms with Crippen molar-refractivity contribution in [2.45, 2.75) is 38.6 Å². The standard InChI is InChI=1S/C20H24Cl2N2OS/c1-2-3-4-9-23-13-19(25)24-10-7-18-16(8-11-26-18)20(24)15-6-5-14(21)12-17(15)22/h5-6,8,11-12,20,23H,2-4,7,9-10,13H2,1H3/t20-/m1/s1. The molecule has 0 fully saturated rings. The lowest BCUT2D eigenvalue weighted by Crippen LogP contribution is -2.44. The highest BCUT2D eigenvalue weighted by Gasteiger charge is 2.33. The average molecular weight is 411 g/mol. The molecule has 0 spiro atoms. The van der Waals surface area contributed by atoms with Gasteiger partial charge in [-0.05, 0) is 54.1 Å². The van der Waals surface area contributed by atoms with E-state index in [-0.39, 0.29) is 11.9 Å². The third-order valence-corrected chi connectivity index (χ3v) is 6.34. The van der Waals surface area contributed by atoms with E-state index in [9.17, 15) is 4.79 Å². The summed E-state index contributed by atoms with van der Waals surface area (Å²) in [5.41, 5.74) is 2.12. The van der Waals surface area contributed by atoms with Crippen molar-refractivity contribution in [1.29, 1.82) is 0 Å². The molecule has 1 N–H and O–H groups in total. The summed E-state index contributed by atoms with van der Waals surface area (Å²) < 4.78 is 0. The molecule has 1 aromatic carbocycles. The number of rotatable bonds is 7. The molecule has 140 valence electrons. The van der Waals surface area contributed by atoms with E-state index in [0.29, 0.717) is 23.1 Å². The Labute approximate surface area is 169 Å². The number of unbranched alkanes of at least 4 members (excludes halogenated alkanes) is 2. The molecule has 1 aliphatic heterocycles. The second kappa shape index (κ2) is 9.23. The Morgan fingerprint density at radius 3 is 2.88 bits per heavy atom. The molecule has 3 rings (SSSR count). The molecule has 2 heterocycles. The number of benzene rings is 1. The first-order valence-corrected chi connectivity index (χ1v) is 10.8. The summed E-state index contributed by atoms with van der Waals surface area (Å²) in [7, 11) is 0. The lowest BCUT2D eigenvalue weighted by Gasteiger charge is -2.37. The molecular formula is C20H24Cl2N2OS. The summed E-state index contributed by atoms with van der Waals surface area (Å²) in [6, 6.07) is 7.51. The second-order valence-electron chi connectivity index (χ2n) is 6.59. The molecular weight excluding hydrogens is 387 g/mol. The smallest absolute Gasteiger partial charge is 0.237 e. The Kier molecular flexibility index (Phi) is 6.98. The zero-order valence-electron chi connectivity index (χ0n) is 14.9. The summed E-state index contributed by atoms with van der Waals surface area (Å²) in [6.07, 6.45) is 4.37. The maximum Gasteiger partial charge on any atom is 0.237 e. The van der Waals surface area contributed by atoms with Crippen molar-refractivity contribution in [3.8, 4) is 0 Å². The van der Waals surface area contributed by atoms with Crippen molar-refractivity contribution < 1.29 is 4.79 Å². The highest BCUT2D eigenvalue weighted by molar-refractivity contribution is 7.10. The van der Waals surface area contributed by atoms with Crippen LogP contribution in [0.5, 0.6) is 0 Å². The largest absolute Gasteiger partial charge is 0.330 e. The Morgan fingerprint density at radius 2 is 2.12 bits per heavy atom. The highest BCUT2D eigenvalue weighted by atomic mass is 35.5. The van der Waals surface area contributed by atoms with Crippen molar-refractivity contribution in [2.24, 2.45) is 0 Å². The quantitative estimate of drug-likeness (QED) is 0.627. The van der Waals surface area contributed by atoms with E-state index in [1.54, 1.807) is 17.4 Å². The predicted octanol–water partition coefficient (Wildman–Crippen LogP) is 5.31. The van der Waals surface area contributed by atoms with Crippen LogP contribution in [0.15, 0.2) is 29.6 Å². The van der Waals surface area contributed by atoms with Gasteiger partial charge in [-0.15, -0.1) is 11.3 Å². The van der Waals surface area contributed by atoms with Gasteiger partial charge in [-0.3, -0.25) is 4.79 Å². The Bertz CT molecular complexity index is 762. The molecule has 1 amide bonds. The average Bonchev–Trinajstić information content (AvgIpc) is 3.10. The fourth-order valence-electron chi connectivity index (χ4n) is 3.44. The molecule has 0 saturated heterocycles. The lowest BCUT2D eigenvalue weighted by molar-refractivity contribution is -0.132. The summed E-state index contributed by atoms with van der Waals surface area (Å²) in [5, 5.41) is 6.60. The van der Waals surface area contributed by atoms with Crippen LogP contribution in [0.4, 0.5) is 0 Å². The molecule has 0 unspecified atom stereocenters. The van der Waals surface area contributed by atoms with Crippen molar-refractivity contribution in [1.82, 2.24) is 10.2 Å². The van der Waals surface area contributed by atoms with Crippen molar-refractivity contribution in [2.75, 3.05) is 19.6 Å². The molecule has 2 aromatic rings. The number of nitrogens with one attached hydrogen (secondary N) is 1. The normalized spacial score (nSPS) is 16.6. The van der Waals surface area contributed by atoms with Gasteiger partial charge in [0.15, 0.2) is 0 Å². The van der Waals surface area contributed by atoms with Crippen LogP contribution in [0.2, 0.25) is 10.0 Å². The van der Waals surface area contributed by atoms with Crippen LogP contribution in [-0.4, -0.2) is 30.4 Å². The molecule has 3 nitrogen and oxygen atoms in total. The van der Waals surface area contributed by atoms with Crippen LogP contribution in [-0.2, 0) is 11.2 Å². The molecule has 26 heavy (non-hydrogen) atoms. The van der Waals surface area contributed by atoms with Gasteiger partial charge < -0.3 is 10.2 Å². The topological polar surface area (TPSA) is 32.3 Å². The van der Waals surface area contributed by atoms with E-state index >= 15 is 0 Å². The van der Waals surface area contributed by atoms with Gasteiger partial charge in [-0.1, -0.05) is 49.0 Å². The second-order valence-corrected chi connectivity index (χ2v) is 8.43. The minimum absolute atomic E-state index is 0.120. The number of carbonyl (C=O) groups is 1. The third kappa shape index (κ3) is 4.42. The van der Waals surface area contributed by atoms with Crippen molar-refractivity contribution in [3.05, 3.63) is 55.7 Å². The minimum atomic E-state index is -0.139. The van der Waals surface area contributed by atoms with Crippen LogP contribution >= 0.6 is 34.5 Å². The molecule has 0 saturated carbocycles. The Balaban J connectivity index is 1.81. The van der Waals surface area contributed by atoms with E-state index in [1.807, 2.05) is 17.0 Å². The first-order valence-electron chi connectivity index (χ1n) is 9.13. The van der Waals surface area contributed by atoms with E-state index in [2.05, 4.69) is 23.7 Å². The maximum atomic E-state index is 12.9. The summed E-state index contributed by atoms with van der Waals surface area (Å²) in [6.45, 7) is 4.14. The number of carbonyl (C=O) groups excluding carboxylic acids is 1. The van der Waals surface area contributed by atoms with Gasteiger partial charge >= 0.3 is 0 Å². The molecule has 1 atom stereocenters. The maximum absolute atomic E-state index is 12.9. The van der Waals surface area contributed by atoms with E-state index in [4.69, 9.17) is 23.2 Å². The van der Waals surface area contributed by atoms with E-state index in [0.717, 1.165) is 24.9 Å². The number of amides is 1. The molecule has 6 heteroatoms. The number of hydrogen-bond acceptors (Lipinski definition) is 3. The fourth-order valence-corrected chi connectivity index (χ4v) is 4.86. The van der Waals surface area contributed by atoms with Gasteiger partial charge in [0.1, 0.15) is 0 Å². The third-order valence-electron chi connectivity index (χ3n) is 4.78. The zero-order chi connectivity index (χ0) is 18.5. The van der Waals surface area contributed by atoms with E-state index in [1.165, 1.54) is 23.3 Å². The van der Waals surface area contributed by atoms with Crippen LogP contribution < -0.4 is 5.32 Å². The Hall–Kier alpha value is -1.07. The van der Waals surface area contributed by atoms with E-state index < -0.39 is 0 Å². The molecule has 0 radical (unpaired) electrons. The zero-order valence-corrected chi connectivity index (χ0v) is 17.3. The van der Waals surface area contributed by atoms with Crippen molar-refractivity contribution in [3.63, 3.8) is 0 Å². The summed E-state index contributed by atoms with van der Waals surface area (Å²) >= 11 is 14.3.